The molecule has 2 aromatic carbocycles. The number of rotatable bonds is 9. The number of nitrogens with zero attached hydrogens (tertiary/aromatic N) is 1. The number of unbranched alkanes of at least 4 members (excludes halogenated alkanes) is 1. The summed E-state index contributed by atoms with van der Waals surface area (Å²) in [7, 11) is 0. The van der Waals surface area contributed by atoms with Gasteiger partial charge in [0.15, 0.2) is 22.7 Å². The predicted molar refractivity (Wildman–Crippen MR) is 121 cm³/mol. The van der Waals surface area contributed by atoms with E-state index in [4.69, 9.17) is 9.29 Å². The van der Waals surface area contributed by atoms with Crippen molar-refractivity contribution in [2.75, 3.05) is 6.61 Å². The Labute approximate surface area is 192 Å². The number of carbonyl (C=O) groups is 2. The second-order valence-corrected chi connectivity index (χ2v) is 8.38. The van der Waals surface area contributed by atoms with Crippen LogP contribution in [0.1, 0.15) is 41.4 Å². The Morgan fingerprint density at radius 1 is 1.06 bits per heavy atom. The van der Waals surface area contributed by atoms with E-state index in [1.54, 1.807) is 35.8 Å². The first-order valence-corrected chi connectivity index (χ1v) is 11.6. The molecule has 0 amide bonds. The number of carbonyl (C=O) groups excluding carboxylic acids is 2. The first kappa shape index (κ1) is 24.5. The van der Waals surface area contributed by atoms with Crippen molar-refractivity contribution in [2.45, 2.75) is 32.4 Å². The minimum Gasteiger partial charge on any atom is -0.460 e. The number of hydrogen-bond acceptors (Lipinski definition) is 4. The van der Waals surface area contributed by atoms with E-state index in [1.807, 2.05) is 6.92 Å². The van der Waals surface area contributed by atoms with Crippen LogP contribution in [-0.4, -0.2) is 31.7 Å². The van der Waals surface area contributed by atoms with Crippen molar-refractivity contribution in [1.29, 1.82) is 0 Å². The van der Waals surface area contributed by atoms with E-state index in [-0.39, 0.29) is 23.6 Å². The molecule has 0 fully saturated rings. The van der Waals surface area contributed by atoms with Gasteiger partial charge in [-0.25, -0.2) is 17.8 Å². The number of esters is 1. The second kappa shape index (κ2) is 10.6. The molecular weight excluding hydrogens is 452 g/mol. The van der Waals surface area contributed by atoms with Crippen LogP contribution >= 0.6 is 0 Å². The molecule has 0 bridgehead atoms. The Morgan fingerprint density at radius 3 is 2.36 bits per heavy atom. The zero-order valence-corrected chi connectivity index (χ0v) is 19.0. The number of Topliss-reactive ketones (excluding diaryl/α,β-unsaturated/α-hetero) is 1. The average molecular weight is 476 g/mol. The Bertz CT molecular complexity index is 1200. The van der Waals surface area contributed by atoms with Crippen LogP contribution in [0.3, 0.4) is 0 Å². The van der Waals surface area contributed by atoms with Crippen molar-refractivity contribution >= 4 is 22.8 Å². The minimum absolute atomic E-state index is 0.0448. The van der Waals surface area contributed by atoms with Crippen molar-refractivity contribution in [3.05, 3.63) is 77.0 Å². The molecule has 33 heavy (non-hydrogen) atoms. The maximum Gasteiger partial charge on any atom is 0.379 e. The molecule has 0 saturated carbocycles. The highest BCUT2D eigenvalue weighted by Crippen LogP contribution is 2.31. The van der Waals surface area contributed by atoms with Gasteiger partial charge in [0.1, 0.15) is 0 Å². The average Bonchev–Trinajstić information content (AvgIpc) is 3.12. The van der Waals surface area contributed by atoms with E-state index >= 15 is 0 Å². The lowest BCUT2D eigenvalue weighted by molar-refractivity contribution is -0.138. The minimum atomic E-state index is -2.00. The largest absolute Gasteiger partial charge is 0.460 e. The molecule has 1 unspecified atom stereocenters. The van der Waals surface area contributed by atoms with Crippen molar-refractivity contribution in [2.24, 2.45) is 0 Å². The summed E-state index contributed by atoms with van der Waals surface area (Å²) in [5.74, 6) is -3.93. The Morgan fingerprint density at radius 2 is 1.76 bits per heavy atom. The van der Waals surface area contributed by atoms with Gasteiger partial charge in [-0.05, 0) is 42.7 Å². The standard InChI is InChI=1S/C24H23F2NO5S/c1-3-4-11-32-24(29)23(28)19-13-22(17-7-5-16(6-8-17)14-33(30)31)27(15(19)2)18-9-10-20(25)21(26)12-18/h5-10,12-13H,3-4,11,14H2,1-2H3,(H,30,31). The van der Waals surface area contributed by atoms with E-state index in [9.17, 15) is 22.6 Å². The van der Waals surface area contributed by atoms with E-state index < -0.39 is 34.5 Å². The number of aromatic nitrogens is 1. The van der Waals surface area contributed by atoms with Gasteiger partial charge in [0.2, 0.25) is 0 Å². The number of halogens is 2. The van der Waals surface area contributed by atoms with Crippen LogP contribution in [0.5, 0.6) is 0 Å². The number of benzene rings is 2. The van der Waals surface area contributed by atoms with Gasteiger partial charge in [-0.3, -0.25) is 4.79 Å². The lowest BCUT2D eigenvalue weighted by Crippen LogP contribution is -2.19. The molecule has 9 heteroatoms. The smallest absolute Gasteiger partial charge is 0.379 e. The van der Waals surface area contributed by atoms with Gasteiger partial charge in [-0.2, -0.15) is 0 Å². The van der Waals surface area contributed by atoms with Crippen LogP contribution in [0.15, 0.2) is 48.5 Å². The predicted octanol–water partition coefficient (Wildman–Crippen LogP) is 4.98. The summed E-state index contributed by atoms with van der Waals surface area (Å²) in [5.41, 5.74) is 2.39. The third kappa shape index (κ3) is 5.61. The molecule has 0 aliphatic rings. The van der Waals surface area contributed by atoms with Gasteiger partial charge in [-0.1, -0.05) is 37.6 Å². The normalized spacial score (nSPS) is 11.9. The van der Waals surface area contributed by atoms with Crippen molar-refractivity contribution in [3.8, 4) is 16.9 Å². The fourth-order valence-corrected chi connectivity index (χ4v) is 3.88. The van der Waals surface area contributed by atoms with E-state index in [0.29, 0.717) is 28.9 Å². The third-order valence-corrected chi connectivity index (χ3v) is 5.69. The molecule has 0 saturated heterocycles. The Kier molecular flexibility index (Phi) is 7.88. The summed E-state index contributed by atoms with van der Waals surface area (Å²) in [6.45, 7) is 3.66. The van der Waals surface area contributed by atoms with Gasteiger partial charge in [0.25, 0.3) is 5.78 Å². The number of hydrogen-bond donors (Lipinski definition) is 1. The summed E-state index contributed by atoms with van der Waals surface area (Å²) in [6, 6.07) is 11.5. The maximum absolute atomic E-state index is 14.0. The summed E-state index contributed by atoms with van der Waals surface area (Å²) < 4.78 is 54.3. The fourth-order valence-electron chi connectivity index (χ4n) is 3.41. The molecule has 174 valence electrons. The molecule has 6 nitrogen and oxygen atoms in total. The molecule has 0 aliphatic heterocycles. The first-order valence-electron chi connectivity index (χ1n) is 10.3. The Hall–Kier alpha value is -3.17. The summed E-state index contributed by atoms with van der Waals surface area (Å²) in [5, 5.41) is 0. The van der Waals surface area contributed by atoms with E-state index in [1.165, 1.54) is 12.1 Å². The van der Waals surface area contributed by atoms with Crippen molar-refractivity contribution in [1.82, 2.24) is 4.57 Å². The molecule has 1 atom stereocenters. The lowest BCUT2D eigenvalue weighted by atomic mass is 10.1. The Balaban J connectivity index is 2.09. The van der Waals surface area contributed by atoms with Gasteiger partial charge in [0.05, 0.1) is 23.6 Å². The van der Waals surface area contributed by atoms with E-state index in [2.05, 4.69) is 0 Å². The molecule has 1 heterocycles. The molecular formula is C24H23F2NO5S. The van der Waals surface area contributed by atoms with Gasteiger partial charge >= 0.3 is 5.97 Å². The fraction of sp³-hybridized carbons (Fsp3) is 0.250. The molecule has 3 rings (SSSR count). The molecule has 0 spiro atoms. The van der Waals surface area contributed by atoms with Crippen LogP contribution in [0, 0.1) is 18.6 Å². The van der Waals surface area contributed by atoms with Crippen molar-refractivity contribution < 1.29 is 31.9 Å². The molecule has 0 aliphatic carbocycles. The van der Waals surface area contributed by atoms with Crippen LogP contribution in [0.25, 0.3) is 16.9 Å². The number of ether oxygens (including phenoxy) is 1. The van der Waals surface area contributed by atoms with E-state index in [0.717, 1.165) is 18.6 Å². The van der Waals surface area contributed by atoms with Gasteiger partial charge in [-0.15, -0.1) is 0 Å². The quantitative estimate of drug-likeness (QED) is 0.155. The van der Waals surface area contributed by atoms with Crippen LogP contribution in [0.4, 0.5) is 8.78 Å². The monoisotopic (exact) mass is 475 g/mol. The highest BCUT2D eigenvalue weighted by Gasteiger charge is 2.26. The van der Waals surface area contributed by atoms with Gasteiger partial charge < -0.3 is 13.9 Å². The lowest BCUT2D eigenvalue weighted by Gasteiger charge is -2.13. The van der Waals surface area contributed by atoms with Crippen molar-refractivity contribution in [3.63, 3.8) is 0 Å². The molecule has 1 N–H and O–H groups in total. The SMILES string of the molecule is CCCCOC(=O)C(=O)c1cc(-c2ccc(CS(=O)O)cc2)n(-c2ccc(F)c(F)c2)c1C. The highest BCUT2D eigenvalue weighted by atomic mass is 32.2. The van der Waals surface area contributed by atoms with Crippen LogP contribution < -0.4 is 0 Å². The molecule has 1 aromatic heterocycles. The number of ketones is 1. The third-order valence-electron chi connectivity index (χ3n) is 5.11. The maximum atomic E-state index is 14.0. The zero-order chi connectivity index (χ0) is 24.1. The summed E-state index contributed by atoms with van der Waals surface area (Å²) in [6.07, 6.45) is 1.43. The second-order valence-electron chi connectivity index (χ2n) is 7.44. The zero-order valence-electron chi connectivity index (χ0n) is 18.1. The molecule has 0 radical (unpaired) electrons. The molecule has 3 aromatic rings. The first-order chi connectivity index (χ1) is 15.7. The van der Waals surface area contributed by atoms with Gasteiger partial charge in [0, 0.05) is 17.4 Å². The topological polar surface area (TPSA) is 85.6 Å². The summed E-state index contributed by atoms with van der Waals surface area (Å²) in [4.78, 5) is 25.1. The van der Waals surface area contributed by atoms with Crippen LogP contribution in [0.2, 0.25) is 0 Å². The summed E-state index contributed by atoms with van der Waals surface area (Å²) >= 11 is -2.00. The van der Waals surface area contributed by atoms with Crippen LogP contribution in [-0.2, 0) is 26.4 Å². The highest BCUT2D eigenvalue weighted by molar-refractivity contribution is 7.78.